The maximum absolute atomic E-state index is 13.3. The topological polar surface area (TPSA) is 98.7 Å². The van der Waals surface area contributed by atoms with Gasteiger partial charge in [-0.25, -0.2) is 5.06 Å². The van der Waals surface area contributed by atoms with Gasteiger partial charge in [0.15, 0.2) is 0 Å². The van der Waals surface area contributed by atoms with Gasteiger partial charge in [-0.15, -0.1) is 0 Å². The summed E-state index contributed by atoms with van der Waals surface area (Å²) < 4.78 is 0. The molecule has 0 aromatic heterocycles. The lowest BCUT2D eigenvalue weighted by Gasteiger charge is -2.36. The lowest BCUT2D eigenvalue weighted by Crippen LogP contribution is -2.58. The number of amides is 3. The zero-order valence-electron chi connectivity index (χ0n) is 19.7. The molecule has 1 fully saturated rings. The van der Waals surface area contributed by atoms with E-state index in [2.05, 4.69) is 17.6 Å². The Morgan fingerprint density at radius 1 is 1.16 bits per heavy atom. The van der Waals surface area contributed by atoms with E-state index in [9.17, 15) is 19.6 Å². The summed E-state index contributed by atoms with van der Waals surface area (Å²) in [5.41, 5.74) is 0.479. The highest BCUT2D eigenvalue weighted by atomic mass is 16.5. The van der Waals surface area contributed by atoms with Gasteiger partial charge in [0.05, 0.1) is 12.5 Å². The van der Waals surface area contributed by atoms with E-state index in [1.807, 2.05) is 44.2 Å². The Bertz CT molecular complexity index is 732. The van der Waals surface area contributed by atoms with Gasteiger partial charge >= 0.3 is 0 Å². The molecule has 7 nitrogen and oxygen atoms in total. The van der Waals surface area contributed by atoms with Crippen LogP contribution in [0.3, 0.4) is 0 Å². The average molecular weight is 446 g/mol. The summed E-state index contributed by atoms with van der Waals surface area (Å²) in [5, 5.41) is 16.4. The molecule has 3 amide bonds. The number of hydrogen-bond acceptors (Lipinski definition) is 4. The number of nitrogens with zero attached hydrogens (tertiary/aromatic N) is 1. The lowest BCUT2D eigenvalue weighted by molar-refractivity contribution is -0.155. The van der Waals surface area contributed by atoms with Crippen LogP contribution in [0.4, 0.5) is 0 Å². The second kappa shape index (κ2) is 12.6. The van der Waals surface area contributed by atoms with E-state index in [0.29, 0.717) is 17.9 Å². The molecule has 3 N–H and O–H groups in total. The minimum atomic E-state index is -0.696. The number of hydroxylamine groups is 2. The van der Waals surface area contributed by atoms with Crippen LogP contribution in [0.25, 0.3) is 0 Å². The number of carbonyl (C=O) groups is 3. The molecule has 1 aliphatic rings. The van der Waals surface area contributed by atoms with Crippen LogP contribution >= 0.6 is 0 Å². The third-order valence-electron chi connectivity index (χ3n) is 6.40. The molecule has 2 atom stereocenters. The number of benzene rings is 1. The van der Waals surface area contributed by atoms with Crippen molar-refractivity contribution in [2.45, 2.75) is 84.2 Å². The molecule has 0 saturated heterocycles. The fraction of sp³-hybridized carbons (Fsp3) is 0.640. The van der Waals surface area contributed by atoms with Crippen LogP contribution < -0.4 is 10.6 Å². The predicted octanol–water partition coefficient (Wildman–Crippen LogP) is 3.45. The minimum absolute atomic E-state index is 0.143. The molecule has 1 aliphatic carbocycles. The van der Waals surface area contributed by atoms with E-state index < -0.39 is 17.4 Å². The van der Waals surface area contributed by atoms with Crippen LogP contribution in [0.5, 0.6) is 0 Å². The molecule has 0 aliphatic heterocycles. The van der Waals surface area contributed by atoms with E-state index >= 15 is 0 Å². The summed E-state index contributed by atoms with van der Waals surface area (Å²) in [6.07, 6.45) is 7.66. The van der Waals surface area contributed by atoms with Crippen molar-refractivity contribution in [2.75, 3.05) is 6.54 Å². The molecule has 2 rings (SSSR count). The quantitative estimate of drug-likeness (QED) is 0.261. The Morgan fingerprint density at radius 3 is 2.41 bits per heavy atom. The summed E-state index contributed by atoms with van der Waals surface area (Å²) in [6.45, 7) is 5.91. The first-order valence-corrected chi connectivity index (χ1v) is 11.8. The van der Waals surface area contributed by atoms with Crippen molar-refractivity contribution in [1.82, 2.24) is 15.7 Å². The van der Waals surface area contributed by atoms with E-state index in [1.54, 1.807) is 0 Å². The van der Waals surface area contributed by atoms with Gasteiger partial charge in [-0.05, 0) is 36.7 Å². The Morgan fingerprint density at radius 2 is 1.81 bits per heavy atom. The fourth-order valence-corrected chi connectivity index (χ4v) is 4.60. The number of hydrogen-bond donors (Lipinski definition) is 3. The maximum Gasteiger partial charge on any atom is 0.243 e. The summed E-state index contributed by atoms with van der Waals surface area (Å²) in [5.74, 6) is -1.18. The molecule has 0 radical (unpaired) electrons. The Balaban J connectivity index is 2.19. The highest BCUT2D eigenvalue weighted by molar-refractivity contribution is 5.89. The van der Waals surface area contributed by atoms with E-state index in [1.165, 1.54) is 6.42 Å². The summed E-state index contributed by atoms with van der Waals surface area (Å²) >= 11 is 0. The largest absolute Gasteiger partial charge is 0.352 e. The smallest absolute Gasteiger partial charge is 0.243 e. The van der Waals surface area contributed by atoms with Gasteiger partial charge in [0, 0.05) is 6.04 Å². The van der Waals surface area contributed by atoms with Gasteiger partial charge in [-0.2, -0.15) is 0 Å². The number of rotatable bonds is 12. The first kappa shape index (κ1) is 25.8. The van der Waals surface area contributed by atoms with Gasteiger partial charge < -0.3 is 10.6 Å². The normalized spacial score (nSPS) is 16.6. The van der Waals surface area contributed by atoms with Crippen LogP contribution in [-0.4, -0.2) is 47.1 Å². The second-order valence-electron chi connectivity index (χ2n) is 9.64. The molecule has 178 valence electrons. The molecule has 2 unspecified atom stereocenters. The van der Waals surface area contributed by atoms with Crippen LogP contribution in [0.2, 0.25) is 0 Å². The molecular weight excluding hydrogens is 406 g/mol. The van der Waals surface area contributed by atoms with Crippen LogP contribution in [0.15, 0.2) is 30.3 Å². The minimum Gasteiger partial charge on any atom is -0.352 e. The average Bonchev–Trinajstić information content (AvgIpc) is 2.77. The lowest BCUT2D eigenvalue weighted by atomic mass is 9.79. The molecule has 1 aromatic carbocycles. The van der Waals surface area contributed by atoms with Crippen LogP contribution in [0.1, 0.15) is 71.3 Å². The summed E-state index contributed by atoms with van der Waals surface area (Å²) in [4.78, 5) is 37.6. The van der Waals surface area contributed by atoms with Gasteiger partial charge in [-0.1, -0.05) is 76.8 Å². The highest BCUT2D eigenvalue weighted by Gasteiger charge is 2.38. The van der Waals surface area contributed by atoms with Gasteiger partial charge in [0.25, 0.3) is 0 Å². The zero-order chi connectivity index (χ0) is 23.6. The molecular formula is C25H39N3O4. The Hall–Kier alpha value is -2.41. The van der Waals surface area contributed by atoms with E-state index in [-0.39, 0.29) is 24.4 Å². The first-order chi connectivity index (χ1) is 15.3. The molecule has 32 heavy (non-hydrogen) atoms. The van der Waals surface area contributed by atoms with E-state index in [4.69, 9.17) is 0 Å². The highest BCUT2D eigenvalue weighted by Crippen LogP contribution is 2.28. The fourth-order valence-electron chi connectivity index (χ4n) is 4.60. The number of carbonyl (C=O) groups excluding carboxylic acids is 3. The molecule has 0 heterocycles. The van der Waals surface area contributed by atoms with Crippen molar-refractivity contribution in [2.24, 2.45) is 11.3 Å². The number of nitrogens with one attached hydrogen (secondary N) is 2. The summed E-state index contributed by atoms with van der Waals surface area (Å²) in [6, 6.07) is 8.90. The van der Waals surface area contributed by atoms with Gasteiger partial charge in [-0.3, -0.25) is 19.6 Å². The first-order valence-electron chi connectivity index (χ1n) is 11.8. The van der Waals surface area contributed by atoms with Crippen molar-refractivity contribution < 1.29 is 19.6 Å². The van der Waals surface area contributed by atoms with Crippen LogP contribution in [-0.2, 0) is 20.8 Å². The Kier molecular flexibility index (Phi) is 10.2. The van der Waals surface area contributed by atoms with Crippen molar-refractivity contribution in [3.05, 3.63) is 35.9 Å². The molecule has 1 saturated carbocycles. The van der Waals surface area contributed by atoms with Crippen molar-refractivity contribution in [3.8, 4) is 0 Å². The molecule has 0 spiro atoms. The third-order valence-corrected chi connectivity index (χ3v) is 6.40. The SMILES string of the molecule is CCCC(C)(C)C(NC(=O)C(Cc1ccccc1)CN(O)C=O)C(=O)NC1CCCCC1. The molecule has 7 heteroatoms. The zero-order valence-corrected chi connectivity index (χ0v) is 19.7. The second-order valence-corrected chi connectivity index (χ2v) is 9.64. The standard InChI is InChI=1S/C25H39N3O4/c1-4-15-25(2,3)22(24(31)26-21-13-9-6-10-14-21)27-23(30)20(17-28(32)18-29)16-19-11-7-5-8-12-19/h5,7-8,11-12,18,20-22,32H,4,6,9-10,13-17H2,1-3H3,(H,26,31)(H,27,30). The van der Waals surface area contributed by atoms with Crippen LogP contribution in [0, 0.1) is 11.3 Å². The van der Waals surface area contributed by atoms with Crippen molar-refractivity contribution in [3.63, 3.8) is 0 Å². The van der Waals surface area contributed by atoms with Gasteiger partial charge in [0.2, 0.25) is 18.2 Å². The predicted molar refractivity (Wildman–Crippen MR) is 124 cm³/mol. The van der Waals surface area contributed by atoms with Gasteiger partial charge in [0.1, 0.15) is 6.04 Å². The summed E-state index contributed by atoms with van der Waals surface area (Å²) in [7, 11) is 0. The molecule has 0 bridgehead atoms. The monoisotopic (exact) mass is 445 g/mol. The Labute approximate surface area is 191 Å². The molecule has 1 aromatic rings. The van der Waals surface area contributed by atoms with E-state index in [0.717, 1.165) is 44.1 Å². The van der Waals surface area contributed by atoms with Crippen molar-refractivity contribution >= 4 is 18.2 Å². The third kappa shape index (κ3) is 7.93. The maximum atomic E-state index is 13.3. The van der Waals surface area contributed by atoms with Crippen molar-refractivity contribution in [1.29, 1.82) is 0 Å².